The Morgan fingerprint density at radius 2 is 1.50 bits per heavy atom. The van der Waals surface area contributed by atoms with E-state index in [1.54, 1.807) is 0 Å². The van der Waals surface area contributed by atoms with Gasteiger partial charge in [0.25, 0.3) is 0 Å². The summed E-state index contributed by atoms with van der Waals surface area (Å²) in [5.74, 6) is 3.45. The third-order valence-corrected chi connectivity index (χ3v) is 6.46. The molecule has 22 heavy (non-hydrogen) atoms. The number of unbranched alkanes of at least 4 members (excludes halogenated alkanes) is 1. The van der Waals surface area contributed by atoms with Crippen LogP contribution in [0.1, 0.15) is 103 Å². The highest BCUT2D eigenvalue weighted by atomic mass is 14.3. The van der Waals surface area contributed by atoms with E-state index in [4.69, 9.17) is 0 Å². The Balaban J connectivity index is 1.58. The van der Waals surface area contributed by atoms with E-state index in [1.807, 2.05) is 0 Å². The van der Waals surface area contributed by atoms with E-state index < -0.39 is 0 Å². The van der Waals surface area contributed by atoms with Crippen molar-refractivity contribution < 1.29 is 0 Å². The Morgan fingerprint density at radius 3 is 2.14 bits per heavy atom. The van der Waals surface area contributed by atoms with Crippen molar-refractivity contribution >= 4 is 0 Å². The van der Waals surface area contributed by atoms with Crippen molar-refractivity contribution in [3.05, 3.63) is 0 Å². The first-order chi connectivity index (χ1) is 10.8. The molecule has 0 N–H and O–H groups in total. The van der Waals surface area contributed by atoms with Gasteiger partial charge in [-0.25, -0.2) is 0 Å². The Hall–Kier alpha value is -0.510. The van der Waals surface area contributed by atoms with Crippen LogP contribution < -0.4 is 0 Å². The van der Waals surface area contributed by atoms with Crippen molar-refractivity contribution in [3.8, 4) is 6.07 Å². The fourth-order valence-electron chi connectivity index (χ4n) is 4.93. The van der Waals surface area contributed by atoms with Crippen molar-refractivity contribution in [3.63, 3.8) is 0 Å². The summed E-state index contributed by atoms with van der Waals surface area (Å²) >= 11 is 0. The van der Waals surface area contributed by atoms with Crippen molar-refractivity contribution in [2.24, 2.45) is 23.7 Å². The molecular formula is C21H37N. The zero-order valence-corrected chi connectivity index (χ0v) is 14.9. The highest BCUT2D eigenvalue weighted by Crippen LogP contribution is 2.41. The van der Waals surface area contributed by atoms with E-state index in [0.29, 0.717) is 5.92 Å². The molecule has 0 radical (unpaired) electrons. The van der Waals surface area contributed by atoms with Crippen LogP contribution in [-0.4, -0.2) is 0 Å². The first kappa shape index (κ1) is 17.8. The lowest BCUT2D eigenvalue weighted by atomic mass is 9.70. The quantitative estimate of drug-likeness (QED) is 0.479. The van der Waals surface area contributed by atoms with Crippen LogP contribution in [0.15, 0.2) is 0 Å². The predicted octanol–water partition coefficient (Wildman–Crippen LogP) is 6.87. The van der Waals surface area contributed by atoms with Gasteiger partial charge in [0, 0.05) is 5.92 Å². The Bertz CT molecular complexity index is 315. The molecule has 2 aliphatic rings. The molecule has 0 aromatic rings. The Kier molecular flexibility index (Phi) is 8.35. The molecule has 0 amide bonds. The molecule has 0 aromatic carbocycles. The molecule has 1 atom stereocenters. The van der Waals surface area contributed by atoms with E-state index in [0.717, 1.165) is 30.6 Å². The fraction of sp³-hybridized carbons (Fsp3) is 0.952. The number of hydrogen-bond acceptors (Lipinski definition) is 1. The normalized spacial score (nSPS) is 28.2. The molecule has 2 saturated carbocycles. The molecule has 0 aromatic heterocycles. The molecule has 0 aliphatic heterocycles. The Labute approximate surface area is 138 Å². The average molecular weight is 304 g/mol. The van der Waals surface area contributed by atoms with Crippen LogP contribution in [0.4, 0.5) is 0 Å². The van der Waals surface area contributed by atoms with Crippen LogP contribution in [0.3, 0.4) is 0 Å². The number of nitriles is 1. The molecule has 1 nitrogen and oxygen atoms in total. The van der Waals surface area contributed by atoms with Gasteiger partial charge in [-0.05, 0) is 43.4 Å². The molecule has 2 aliphatic carbocycles. The van der Waals surface area contributed by atoms with Crippen molar-refractivity contribution in [1.29, 1.82) is 5.26 Å². The maximum absolute atomic E-state index is 9.22. The molecule has 0 saturated heterocycles. The van der Waals surface area contributed by atoms with E-state index in [1.165, 1.54) is 83.5 Å². The third-order valence-electron chi connectivity index (χ3n) is 6.46. The highest BCUT2D eigenvalue weighted by Gasteiger charge is 2.28. The van der Waals surface area contributed by atoms with Gasteiger partial charge in [-0.15, -0.1) is 0 Å². The fourth-order valence-corrected chi connectivity index (χ4v) is 4.93. The second-order valence-corrected chi connectivity index (χ2v) is 8.08. The van der Waals surface area contributed by atoms with Gasteiger partial charge in [0.15, 0.2) is 0 Å². The van der Waals surface area contributed by atoms with Gasteiger partial charge in [0.2, 0.25) is 0 Å². The van der Waals surface area contributed by atoms with E-state index in [2.05, 4.69) is 13.0 Å². The standard InChI is InChI=1S/C21H37N/c1-2-3-8-19(17-22)10-7-9-18-13-15-21(16-14-18)20-11-5-4-6-12-20/h18-21H,2-16H2,1H3/t18-,19?,21-. The topological polar surface area (TPSA) is 23.8 Å². The van der Waals surface area contributed by atoms with Gasteiger partial charge in [0.05, 0.1) is 6.07 Å². The minimum absolute atomic E-state index is 0.332. The lowest BCUT2D eigenvalue weighted by Gasteiger charge is -2.36. The van der Waals surface area contributed by atoms with Crippen LogP contribution in [0.25, 0.3) is 0 Å². The van der Waals surface area contributed by atoms with Gasteiger partial charge in [0.1, 0.15) is 0 Å². The Morgan fingerprint density at radius 1 is 0.864 bits per heavy atom. The van der Waals surface area contributed by atoms with E-state index in [9.17, 15) is 5.26 Å². The minimum Gasteiger partial charge on any atom is -0.198 e. The summed E-state index contributed by atoms with van der Waals surface area (Å²) in [5.41, 5.74) is 0. The third kappa shape index (κ3) is 5.94. The SMILES string of the molecule is CCCCC(C#N)CCC[C@H]1CC[C@H](C2CCCCC2)CC1. The highest BCUT2D eigenvalue weighted by molar-refractivity contribution is 4.83. The van der Waals surface area contributed by atoms with Gasteiger partial charge < -0.3 is 0 Å². The van der Waals surface area contributed by atoms with Crippen LogP contribution in [0, 0.1) is 35.0 Å². The van der Waals surface area contributed by atoms with Gasteiger partial charge in [-0.3, -0.25) is 0 Å². The van der Waals surface area contributed by atoms with Gasteiger partial charge >= 0.3 is 0 Å². The number of hydrogen-bond donors (Lipinski definition) is 0. The largest absolute Gasteiger partial charge is 0.198 e. The summed E-state index contributed by atoms with van der Waals surface area (Å²) in [7, 11) is 0. The maximum atomic E-state index is 9.22. The first-order valence-corrected chi connectivity index (χ1v) is 10.2. The lowest BCUT2D eigenvalue weighted by molar-refractivity contribution is 0.162. The average Bonchev–Trinajstić information content (AvgIpc) is 2.59. The summed E-state index contributed by atoms with van der Waals surface area (Å²) < 4.78 is 0. The zero-order chi connectivity index (χ0) is 15.6. The zero-order valence-electron chi connectivity index (χ0n) is 14.9. The van der Waals surface area contributed by atoms with Crippen molar-refractivity contribution in [2.75, 3.05) is 0 Å². The summed E-state index contributed by atoms with van der Waals surface area (Å²) in [5, 5.41) is 9.22. The summed E-state index contributed by atoms with van der Waals surface area (Å²) in [6, 6.07) is 2.52. The first-order valence-electron chi connectivity index (χ1n) is 10.2. The van der Waals surface area contributed by atoms with Crippen LogP contribution in [-0.2, 0) is 0 Å². The summed E-state index contributed by atoms with van der Waals surface area (Å²) in [6.45, 7) is 2.22. The van der Waals surface area contributed by atoms with Crippen molar-refractivity contribution in [2.45, 2.75) is 103 Å². The second-order valence-electron chi connectivity index (χ2n) is 8.08. The van der Waals surface area contributed by atoms with Crippen LogP contribution in [0.2, 0.25) is 0 Å². The minimum atomic E-state index is 0.332. The lowest BCUT2D eigenvalue weighted by Crippen LogP contribution is -2.23. The predicted molar refractivity (Wildman–Crippen MR) is 94.5 cm³/mol. The summed E-state index contributed by atoms with van der Waals surface area (Å²) in [4.78, 5) is 0. The maximum Gasteiger partial charge on any atom is 0.0655 e. The van der Waals surface area contributed by atoms with Gasteiger partial charge in [-0.1, -0.05) is 77.6 Å². The number of nitrogens with zero attached hydrogens (tertiary/aromatic N) is 1. The smallest absolute Gasteiger partial charge is 0.0655 e. The second kappa shape index (κ2) is 10.3. The molecule has 126 valence electrons. The van der Waals surface area contributed by atoms with Crippen LogP contribution >= 0.6 is 0 Å². The molecule has 0 bridgehead atoms. The molecule has 0 heterocycles. The monoisotopic (exact) mass is 303 g/mol. The number of rotatable bonds is 8. The molecule has 2 rings (SSSR count). The molecule has 0 spiro atoms. The molecular weight excluding hydrogens is 266 g/mol. The molecule has 1 heteroatoms. The molecule has 2 fully saturated rings. The molecule has 1 unspecified atom stereocenters. The summed E-state index contributed by atoms with van der Waals surface area (Å²) in [6.07, 6.45) is 20.9. The van der Waals surface area contributed by atoms with Gasteiger partial charge in [-0.2, -0.15) is 5.26 Å². The van der Waals surface area contributed by atoms with Crippen molar-refractivity contribution in [1.82, 2.24) is 0 Å². The van der Waals surface area contributed by atoms with E-state index >= 15 is 0 Å². The van der Waals surface area contributed by atoms with E-state index in [-0.39, 0.29) is 0 Å². The van der Waals surface area contributed by atoms with Crippen LogP contribution in [0.5, 0.6) is 0 Å².